The zero-order valence-electron chi connectivity index (χ0n) is 12.0. The Hall–Kier alpha value is -1.72. The van der Waals surface area contributed by atoms with Crippen LogP contribution in [0.3, 0.4) is 0 Å². The molecule has 0 radical (unpaired) electrons. The third-order valence-corrected chi connectivity index (χ3v) is 5.13. The number of rotatable bonds is 3. The molecule has 2 fully saturated rings. The molecule has 1 heterocycles. The van der Waals surface area contributed by atoms with Crippen LogP contribution in [0.4, 0.5) is 5.69 Å². The molecule has 7 heteroatoms. The summed E-state index contributed by atoms with van der Waals surface area (Å²) in [5.74, 6) is -1.84. The number of amides is 2. The largest absolute Gasteiger partial charge is 0.281 e. The van der Waals surface area contributed by atoms with Crippen LogP contribution in [0.1, 0.15) is 29.6 Å². The molecule has 2 amide bonds. The van der Waals surface area contributed by atoms with E-state index in [1.54, 1.807) is 0 Å². The van der Waals surface area contributed by atoms with Crippen LogP contribution >= 0.6 is 23.2 Å². The molecule has 1 aromatic rings. The van der Waals surface area contributed by atoms with Crippen molar-refractivity contribution >= 4 is 51.2 Å². The predicted octanol–water partition coefficient (Wildman–Crippen LogP) is 2.74. The van der Waals surface area contributed by atoms with Crippen LogP contribution in [-0.4, -0.2) is 22.3 Å². The third-order valence-electron chi connectivity index (χ3n) is 4.60. The smallest absolute Gasteiger partial charge is 0.252 e. The lowest BCUT2D eigenvalue weighted by Crippen LogP contribution is -2.31. The van der Waals surface area contributed by atoms with Crippen molar-refractivity contribution in [2.45, 2.75) is 19.3 Å². The molecule has 2 aliphatic rings. The van der Waals surface area contributed by atoms with Gasteiger partial charge in [-0.05, 0) is 66.7 Å². The summed E-state index contributed by atoms with van der Waals surface area (Å²) in [6.07, 6.45) is 1.31. The number of carbonyl (C=O) groups excluding carboxylic acids is 4. The van der Waals surface area contributed by atoms with Gasteiger partial charge in [-0.2, -0.15) is 0 Å². The van der Waals surface area contributed by atoms with E-state index in [1.165, 1.54) is 24.3 Å². The third kappa shape index (κ3) is 2.79. The highest BCUT2D eigenvalue weighted by Gasteiger charge is 2.51. The summed E-state index contributed by atoms with van der Waals surface area (Å²) in [5.41, 5.74) is 0.699. The van der Waals surface area contributed by atoms with E-state index in [0.717, 1.165) is 4.90 Å². The molecule has 0 N–H and O–H groups in total. The van der Waals surface area contributed by atoms with Crippen molar-refractivity contribution in [2.24, 2.45) is 17.8 Å². The SMILES string of the molecule is O=C(Cl)c1ccc(N2C(=O)[C@H]3CC[C@@H](C(=O)Cl)C[C@H]3C2=O)cc1. The minimum Gasteiger partial charge on any atom is -0.281 e. The molecule has 0 aromatic heterocycles. The van der Waals surface area contributed by atoms with Crippen molar-refractivity contribution in [1.29, 1.82) is 0 Å². The van der Waals surface area contributed by atoms with E-state index in [1.807, 2.05) is 0 Å². The molecule has 0 spiro atoms. The Balaban J connectivity index is 1.87. The standard InChI is InChI=1S/C16H13Cl2NO4/c17-13(20)8-1-4-10(5-2-8)19-15(22)11-6-3-9(14(18)21)7-12(11)16(19)23/h1-2,4-5,9,11-12H,3,6-7H2/t9-,11+,12-/m1/s1. The molecule has 3 rings (SSSR count). The fraction of sp³-hybridized carbons (Fsp3) is 0.375. The molecule has 5 nitrogen and oxygen atoms in total. The topological polar surface area (TPSA) is 71.5 Å². The van der Waals surface area contributed by atoms with Gasteiger partial charge < -0.3 is 0 Å². The highest BCUT2D eigenvalue weighted by molar-refractivity contribution is 6.67. The first-order valence-corrected chi connectivity index (χ1v) is 8.02. The van der Waals surface area contributed by atoms with Crippen LogP contribution in [0.15, 0.2) is 24.3 Å². The number of nitrogens with zero attached hydrogens (tertiary/aromatic N) is 1. The van der Waals surface area contributed by atoms with E-state index in [2.05, 4.69) is 0 Å². The van der Waals surface area contributed by atoms with Crippen LogP contribution in [0.2, 0.25) is 0 Å². The Labute approximate surface area is 142 Å². The maximum atomic E-state index is 12.6. The first-order valence-electron chi connectivity index (χ1n) is 7.27. The minimum absolute atomic E-state index is 0.259. The number of anilines is 1. The molecule has 120 valence electrons. The second-order valence-electron chi connectivity index (χ2n) is 5.86. The fourth-order valence-electron chi connectivity index (χ4n) is 3.38. The molecule has 1 aliphatic heterocycles. The summed E-state index contributed by atoms with van der Waals surface area (Å²) in [5, 5.41) is -1.06. The van der Waals surface area contributed by atoms with Gasteiger partial charge in [0.2, 0.25) is 17.1 Å². The van der Waals surface area contributed by atoms with Crippen LogP contribution in [0, 0.1) is 17.8 Å². The van der Waals surface area contributed by atoms with Crippen LogP contribution in [0.25, 0.3) is 0 Å². The summed E-state index contributed by atoms with van der Waals surface area (Å²) in [6, 6.07) is 5.98. The number of benzene rings is 1. The Bertz CT molecular complexity index is 701. The summed E-state index contributed by atoms with van der Waals surface area (Å²) in [6.45, 7) is 0. The number of halogens is 2. The molecule has 23 heavy (non-hydrogen) atoms. The molecule has 1 aliphatic carbocycles. The summed E-state index contributed by atoms with van der Waals surface area (Å²) < 4.78 is 0. The lowest BCUT2D eigenvalue weighted by molar-refractivity contribution is -0.124. The van der Waals surface area contributed by atoms with Gasteiger partial charge in [-0.25, -0.2) is 0 Å². The number of carbonyl (C=O) groups is 4. The van der Waals surface area contributed by atoms with E-state index in [0.29, 0.717) is 30.5 Å². The van der Waals surface area contributed by atoms with Crippen molar-refractivity contribution in [3.63, 3.8) is 0 Å². The zero-order valence-corrected chi connectivity index (χ0v) is 13.5. The normalized spacial score (nSPS) is 27.0. The summed E-state index contributed by atoms with van der Waals surface area (Å²) in [7, 11) is 0. The summed E-state index contributed by atoms with van der Waals surface area (Å²) in [4.78, 5) is 48.7. The van der Waals surface area contributed by atoms with E-state index >= 15 is 0 Å². The van der Waals surface area contributed by atoms with Gasteiger partial charge in [0.1, 0.15) is 0 Å². The maximum absolute atomic E-state index is 12.6. The molecule has 1 saturated carbocycles. The van der Waals surface area contributed by atoms with Crippen molar-refractivity contribution in [2.75, 3.05) is 4.90 Å². The van der Waals surface area contributed by atoms with Gasteiger partial charge in [-0.1, -0.05) is 0 Å². The monoisotopic (exact) mass is 353 g/mol. The molecule has 3 atom stereocenters. The van der Waals surface area contributed by atoms with Gasteiger partial charge in [0.25, 0.3) is 5.24 Å². The van der Waals surface area contributed by atoms with E-state index < -0.39 is 22.3 Å². The molecular weight excluding hydrogens is 341 g/mol. The number of hydrogen-bond donors (Lipinski definition) is 0. The first kappa shape index (κ1) is 16.1. The second kappa shape index (κ2) is 6.06. The fourth-order valence-corrected chi connectivity index (χ4v) is 3.71. The summed E-state index contributed by atoms with van der Waals surface area (Å²) >= 11 is 10.9. The molecule has 0 bridgehead atoms. The highest BCUT2D eigenvalue weighted by atomic mass is 35.5. The second-order valence-corrected chi connectivity index (χ2v) is 6.58. The Kier molecular flexibility index (Phi) is 4.25. The van der Waals surface area contributed by atoms with E-state index in [4.69, 9.17) is 23.2 Å². The van der Waals surface area contributed by atoms with Gasteiger partial charge in [-0.15, -0.1) is 0 Å². The molecule has 0 unspecified atom stereocenters. The van der Waals surface area contributed by atoms with Crippen LogP contribution in [-0.2, 0) is 14.4 Å². The van der Waals surface area contributed by atoms with Crippen molar-refractivity contribution in [3.8, 4) is 0 Å². The lowest BCUT2D eigenvalue weighted by atomic mass is 9.76. The molecule has 1 aromatic carbocycles. The average molecular weight is 354 g/mol. The number of imide groups is 1. The van der Waals surface area contributed by atoms with Crippen molar-refractivity contribution in [1.82, 2.24) is 0 Å². The van der Waals surface area contributed by atoms with Crippen molar-refractivity contribution < 1.29 is 19.2 Å². The van der Waals surface area contributed by atoms with E-state index in [-0.39, 0.29) is 17.7 Å². The van der Waals surface area contributed by atoms with Crippen LogP contribution in [0.5, 0.6) is 0 Å². The van der Waals surface area contributed by atoms with Crippen LogP contribution < -0.4 is 4.90 Å². The Morgan fingerprint density at radius 1 is 0.957 bits per heavy atom. The quantitative estimate of drug-likeness (QED) is 0.618. The molecule has 1 saturated heterocycles. The maximum Gasteiger partial charge on any atom is 0.252 e. The number of hydrogen-bond acceptors (Lipinski definition) is 4. The van der Waals surface area contributed by atoms with Gasteiger partial charge in [0, 0.05) is 11.5 Å². The van der Waals surface area contributed by atoms with Gasteiger partial charge in [-0.3, -0.25) is 24.1 Å². The number of fused-ring (bicyclic) bond motifs is 1. The van der Waals surface area contributed by atoms with Gasteiger partial charge in [0.05, 0.1) is 17.5 Å². The average Bonchev–Trinajstić information content (AvgIpc) is 2.78. The Morgan fingerprint density at radius 2 is 1.57 bits per heavy atom. The van der Waals surface area contributed by atoms with E-state index in [9.17, 15) is 19.2 Å². The van der Waals surface area contributed by atoms with Gasteiger partial charge >= 0.3 is 0 Å². The lowest BCUT2D eigenvalue weighted by Gasteiger charge is -2.25. The highest BCUT2D eigenvalue weighted by Crippen LogP contribution is 2.42. The Morgan fingerprint density at radius 3 is 2.13 bits per heavy atom. The van der Waals surface area contributed by atoms with Gasteiger partial charge in [0.15, 0.2) is 0 Å². The minimum atomic E-state index is -0.604. The van der Waals surface area contributed by atoms with Crippen molar-refractivity contribution in [3.05, 3.63) is 29.8 Å². The predicted molar refractivity (Wildman–Crippen MR) is 84.3 cm³/mol. The zero-order chi connectivity index (χ0) is 16.7. The molecular formula is C16H13Cl2NO4. The first-order chi connectivity index (χ1) is 10.9.